The second kappa shape index (κ2) is 7.20. The van der Waals surface area contributed by atoms with Gasteiger partial charge in [0.1, 0.15) is 5.69 Å². The van der Waals surface area contributed by atoms with Crippen molar-refractivity contribution in [2.45, 2.75) is 13.0 Å². The second-order valence-corrected chi connectivity index (χ2v) is 6.42. The van der Waals surface area contributed by atoms with Gasteiger partial charge < -0.3 is 4.90 Å². The van der Waals surface area contributed by atoms with E-state index < -0.39 is 0 Å². The van der Waals surface area contributed by atoms with Crippen LogP contribution in [0, 0.1) is 0 Å². The first-order valence-electron chi connectivity index (χ1n) is 6.61. The van der Waals surface area contributed by atoms with Gasteiger partial charge in [-0.2, -0.15) is 5.10 Å². The first-order valence-corrected chi connectivity index (χ1v) is 7.78. The number of carbonyl (C=O) groups is 1. The first kappa shape index (κ1) is 16.2. The smallest absolute Gasteiger partial charge is 0.186 e. The van der Waals surface area contributed by atoms with Crippen molar-refractivity contribution < 1.29 is 4.79 Å². The molecule has 0 amide bonds. The molecule has 1 heterocycles. The van der Waals surface area contributed by atoms with E-state index in [1.165, 1.54) is 6.20 Å². The zero-order chi connectivity index (χ0) is 15.4. The van der Waals surface area contributed by atoms with Crippen LogP contribution in [0.2, 0.25) is 5.02 Å². The minimum absolute atomic E-state index is 0.0152. The standard InChI is InChI=1S/C15H17BrClN3O/c1-19(2)7-8-20-15(13(17)10-18-20)14(21)9-11-3-5-12(16)6-4-11/h3-6,10H,7-9H2,1-2H3. The molecule has 0 spiro atoms. The van der Waals surface area contributed by atoms with Gasteiger partial charge in [-0.25, -0.2) is 0 Å². The van der Waals surface area contributed by atoms with E-state index in [0.29, 0.717) is 23.7 Å². The number of hydrogen-bond acceptors (Lipinski definition) is 3. The number of hydrogen-bond donors (Lipinski definition) is 0. The molecule has 112 valence electrons. The molecule has 21 heavy (non-hydrogen) atoms. The highest BCUT2D eigenvalue weighted by Crippen LogP contribution is 2.19. The third-order valence-electron chi connectivity index (χ3n) is 3.10. The van der Waals surface area contributed by atoms with Crippen molar-refractivity contribution in [2.75, 3.05) is 20.6 Å². The minimum atomic E-state index is -0.0152. The molecule has 0 atom stereocenters. The van der Waals surface area contributed by atoms with Crippen molar-refractivity contribution >= 4 is 33.3 Å². The number of Topliss-reactive ketones (excluding diaryl/α,β-unsaturated/α-hetero) is 1. The summed E-state index contributed by atoms with van der Waals surface area (Å²) in [6, 6.07) is 7.70. The first-order chi connectivity index (χ1) is 9.97. The van der Waals surface area contributed by atoms with Crippen LogP contribution in [0.4, 0.5) is 0 Å². The number of rotatable bonds is 6. The lowest BCUT2D eigenvalue weighted by atomic mass is 10.1. The summed E-state index contributed by atoms with van der Waals surface area (Å²) >= 11 is 9.50. The zero-order valence-electron chi connectivity index (χ0n) is 12.0. The molecular formula is C15H17BrClN3O. The summed E-state index contributed by atoms with van der Waals surface area (Å²) in [6.07, 6.45) is 1.85. The van der Waals surface area contributed by atoms with E-state index in [0.717, 1.165) is 16.6 Å². The molecule has 0 aliphatic rings. The van der Waals surface area contributed by atoms with Crippen molar-refractivity contribution in [1.82, 2.24) is 14.7 Å². The highest BCUT2D eigenvalue weighted by molar-refractivity contribution is 9.10. The van der Waals surface area contributed by atoms with Gasteiger partial charge in [-0.05, 0) is 31.8 Å². The lowest BCUT2D eigenvalue weighted by molar-refractivity contribution is 0.0982. The van der Waals surface area contributed by atoms with E-state index in [1.54, 1.807) is 4.68 Å². The van der Waals surface area contributed by atoms with Crippen molar-refractivity contribution in [3.8, 4) is 0 Å². The molecule has 0 N–H and O–H groups in total. The van der Waals surface area contributed by atoms with Gasteiger partial charge in [0.2, 0.25) is 0 Å². The van der Waals surface area contributed by atoms with Crippen LogP contribution in [0.5, 0.6) is 0 Å². The van der Waals surface area contributed by atoms with Crippen molar-refractivity contribution in [3.63, 3.8) is 0 Å². The molecule has 2 rings (SSSR count). The van der Waals surface area contributed by atoms with Gasteiger partial charge in [0, 0.05) is 17.4 Å². The van der Waals surface area contributed by atoms with Crippen LogP contribution in [0.15, 0.2) is 34.9 Å². The molecule has 0 bridgehead atoms. The van der Waals surface area contributed by atoms with Crippen LogP contribution in [0.3, 0.4) is 0 Å². The molecule has 0 aliphatic carbocycles. The maximum absolute atomic E-state index is 12.5. The van der Waals surface area contributed by atoms with E-state index in [2.05, 4.69) is 21.0 Å². The van der Waals surface area contributed by atoms with Crippen LogP contribution in [0.25, 0.3) is 0 Å². The lowest BCUT2D eigenvalue weighted by Gasteiger charge is -2.11. The predicted molar refractivity (Wildman–Crippen MR) is 88.0 cm³/mol. The van der Waals surface area contributed by atoms with Gasteiger partial charge in [-0.3, -0.25) is 9.48 Å². The number of benzene rings is 1. The summed E-state index contributed by atoms with van der Waals surface area (Å²) in [4.78, 5) is 14.5. The van der Waals surface area contributed by atoms with Gasteiger partial charge in [0.05, 0.1) is 17.8 Å². The number of aromatic nitrogens is 2. The summed E-state index contributed by atoms with van der Waals surface area (Å²) in [5, 5.41) is 4.61. The molecule has 0 unspecified atom stereocenters. The Morgan fingerprint density at radius 3 is 2.62 bits per heavy atom. The summed E-state index contributed by atoms with van der Waals surface area (Å²) in [5.41, 5.74) is 1.45. The van der Waals surface area contributed by atoms with E-state index in [4.69, 9.17) is 11.6 Å². The largest absolute Gasteiger partial charge is 0.308 e. The van der Waals surface area contributed by atoms with Crippen LogP contribution >= 0.6 is 27.5 Å². The maximum Gasteiger partial charge on any atom is 0.186 e. The molecule has 1 aromatic heterocycles. The number of carbonyl (C=O) groups excluding carboxylic acids is 1. The fraction of sp³-hybridized carbons (Fsp3) is 0.333. The molecule has 0 radical (unpaired) electrons. The Labute approximate surface area is 137 Å². The van der Waals surface area contributed by atoms with Crippen molar-refractivity contribution in [3.05, 3.63) is 51.2 Å². The van der Waals surface area contributed by atoms with Gasteiger partial charge in [-0.1, -0.05) is 39.7 Å². The average Bonchev–Trinajstić information content (AvgIpc) is 2.80. The molecule has 1 aromatic carbocycles. The maximum atomic E-state index is 12.5. The molecule has 0 saturated carbocycles. The normalized spacial score (nSPS) is 11.1. The highest BCUT2D eigenvalue weighted by Gasteiger charge is 2.17. The third-order valence-corrected chi connectivity index (χ3v) is 3.90. The van der Waals surface area contributed by atoms with Crippen LogP contribution in [-0.2, 0) is 13.0 Å². The van der Waals surface area contributed by atoms with E-state index in [9.17, 15) is 4.79 Å². The summed E-state index contributed by atoms with van der Waals surface area (Å²) in [7, 11) is 3.96. The minimum Gasteiger partial charge on any atom is -0.308 e. The molecule has 6 heteroatoms. The van der Waals surface area contributed by atoms with Gasteiger partial charge in [0.25, 0.3) is 0 Å². The molecule has 2 aromatic rings. The van der Waals surface area contributed by atoms with Crippen LogP contribution < -0.4 is 0 Å². The quantitative estimate of drug-likeness (QED) is 0.732. The van der Waals surface area contributed by atoms with E-state index >= 15 is 0 Å². The van der Waals surface area contributed by atoms with E-state index in [-0.39, 0.29) is 5.78 Å². The molecule has 4 nitrogen and oxygen atoms in total. The fourth-order valence-corrected chi connectivity index (χ4v) is 2.49. The van der Waals surface area contributed by atoms with Gasteiger partial charge in [0.15, 0.2) is 5.78 Å². The summed E-state index contributed by atoms with van der Waals surface area (Å²) in [5.74, 6) is -0.0152. The van der Waals surface area contributed by atoms with Gasteiger partial charge >= 0.3 is 0 Å². The van der Waals surface area contributed by atoms with Crippen molar-refractivity contribution in [2.24, 2.45) is 0 Å². The average molecular weight is 371 g/mol. The number of ketones is 1. The van der Waals surface area contributed by atoms with Crippen LogP contribution in [0.1, 0.15) is 16.1 Å². The highest BCUT2D eigenvalue weighted by atomic mass is 79.9. The lowest BCUT2D eigenvalue weighted by Crippen LogP contribution is -2.22. The Balaban J connectivity index is 2.14. The second-order valence-electron chi connectivity index (χ2n) is 5.09. The van der Waals surface area contributed by atoms with Crippen molar-refractivity contribution in [1.29, 1.82) is 0 Å². The Bertz CT molecular complexity index is 622. The molecular weight excluding hydrogens is 354 g/mol. The SMILES string of the molecule is CN(C)CCn1ncc(Cl)c1C(=O)Cc1ccc(Br)cc1. The Kier molecular flexibility index (Phi) is 5.56. The number of likely N-dealkylation sites (N-methyl/N-ethyl adjacent to an activating group) is 1. The fourth-order valence-electron chi connectivity index (χ4n) is 1.98. The summed E-state index contributed by atoms with van der Waals surface area (Å²) in [6.45, 7) is 1.44. The predicted octanol–water partition coefficient (Wildman–Crippen LogP) is 3.29. The number of nitrogens with zero attached hydrogens (tertiary/aromatic N) is 3. The topological polar surface area (TPSA) is 38.1 Å². The monoisotopic (exact) mass is 369 g/mol. The van der Waals surface area contributed by atoms with Gasteiger partial charge in [-0.15, -0.1) is 0 Å². The third kappa shape index (κ3) is 4.40. The molecule has 0 aliphatic heterocycles. The molecule has 0 saturated heterocycles. The van der Waals surface area contributed by atoms with E-state index in [1.807, 2.05) is 43.3 Å². The Morgan fingerprint density at radius 2 is 2.00 bits per heavy atom. The zero-order valence-corrected chi connectivity index (χ0v) is 14.4. The Hall–Kier alpha value is -1.17. The Morgan fingerprint density at radius 1 is 1.33 bits per heavy atom. The summed E-state index contributed by atoms with van der Waals surface area (Å²) < 4.78 is 2.68. The number of halogens is 2. The molecule has 0 fully saturated rings. The van der Waals surface area contributed by atoms with Crippen LogP contribution in [-0.4, -0.2) is 41.1 Å².